The molecule has 4 rings (SSSR count). The van der Waals surface area contributed by atoms with Gasteiger partial charge in [0.1, 0.15) is 23.1 Å². The summed E-state index contributed by atoms with van der Waals surface area (Å²) < 4.78 is 13.7. The number of halogens is 1. The van der Waals surface area contributed by atoms with E-state index in [2.05, 4.69) is 27.0 Å². The summed E-state index contributed by atoms with van der Waals surface area (Å²) in [5, 5.41) is 9.86. The lowest BCUT2D eigenvalue weighted by atomic mass is 9.83. The monoisotopic (exact) mass is 478 g/mol. The van der Waals surface area contributed by atoms with E-state index in [1.54, 1.807) is 30.0 Å². The number of allylic oxidation sites excluding steroid dienone is 1. The Morgan fingerprint density at radius 1 is 1.32 bits per heavy atom. The standard InChI is InChI=1S/C23H19BrN4O3/c1-13-9-19-21(23(29)28(13)12-15-5-3-4-8-27-15)20(17(11-25)22(26)31-19)16-10-14(24)6-7-18(16)30-2/h3-10,20H,12,26H2,1-2H3. The van der Waals surface area contributed by atoms with Crippen molar-refractivity contribution in [3.8, 4) is 17.6 Å². The van der Waals surface area contributed by atoms with Crippen LogP contribution < -0.4 is 20.8 Å². The number of fused-ring (bicyclic) bond motifs is 1. The Morgan fingerprint density at radius 3 is 2.81 bits per heavy atom. The van der Waals surface area contributed by atoms with Crippen LogP contribution in [0.2, 0.25) is 0 Å². The zero-order valence-electron chi connectivity index (χ0n) is 16.9. The van der Waals surface area contributed by atoms with E-state index in [0.717, 1.165) is 10.2 Å². The Bertz CT molecular complexity index is 1290. The smallest absolute Gasteiger partial charge is 0.259 e. The first-order chi connectivity index (χ1) is 14.9. The Kier molecular flexibility index (Phi) is 5.53. The summed E-state index contributed by atoms with van der Waals surface area (Å²) in [6.07, 6.45) is 1.68. The lowest BCUT2D eigenvalue weighted by Gasteiger charge is -2.28. The Balaban J connectivity index is 1.98. The number of methoxy groups -OCH3 is 1. The van der Waals surface area contributed by atoms with E-state index >= 15 is 0 Å². The van der Waals surface area contributed by atoms with Crippen LogP contribution in [-0.4, -0.2) is 16.7 Å². The summed E-state index contributed by atoms with van der Waals surface area (Å²) >= 11 is 3.47. The molecule has 0 radical (unpaired) electrons. The lowest BCUT2D eigenvalue weighted by molar-refractivity contribution is 0.382. The Hall–Kier alpha value is -3.57. The minimum absolute atomic E-state index is 0.0247. The first-order valence-electron chi connectivity index (χ1n) is 9.49. The van der Waals surface area contributed by atoms with Crippen LogP contribution in [0.25, 0.3) is 0 Å². The fourth-order valence-corrected chi connectivity index (χ4v) is 4.16. The summed E-state index contributed by atoms with van der Waals surface area (Å²) in [6.45, 7) is 2.12. The number of nitriles is 1. The third kappa shape index (κ3) is 3.68. The van der Waals surface area contributed by atoms with Gasteiger partial charge in [0.05, 0.1) is 30.8 Å². The van der Waals surface area contributed by atoms with Gasteiger partial charge < -0.3 is 19.8 Å². The van der Waals surface area contributed by atoms with E-state index in [-0.39, 0.29) is 17.0 Å². The van der Waals surface area contributed by atoms with Crippen LogP contribution in [0.5, 0.6) is 11.5 Å². The van der Waals surface area contributed by atoms with Crippen molar-refractivity contribution in [3.05, 3.63) is 97.5 Å². The molecule has 2 N–H and O–H groups in total. The highest BCUT2D eigenvalue weighted by Gasteiger charge is 2.36. The van der Waals surface area contributed by atoms with Gasteiger partial charge in [0.2, 0.25) is 5.88 Å². The Morgan fingerprint density at radius 2 is 2.13 bits per heavy atom. The van der Waals surface area contributed by atoms with Crippen LogP contribution in [-0.2, 0) is 6.54 Å². The molecule has 0 spiro atoms. The molecule has 1 unspecified atom stereocenters. The fourth-order valence-electron chi connectivity index (χ4n) is 3.78. The molecule has 1 aliphatic heterocycles. The van der Waals surface area contributed by atoms with Gasteiger partial charge in [-0.05, 0) is 37.3 Å². The maximum Gasteiger partial charge on any atom is 0.259 e. The number of aromatic nitrogens is 2. The molecule has 3 heterocycles. The molecule has 3 aromatic rings. The third-order valence-corrected chi connectivity index (χ3v) is 5.73. The molecular formula is C23H19BrN4O3. The molecule has 0 aliphatic carbocycles. The minimum atomic E-state index is -0.732. The summed E-state index contributed by atoms with van der Waals surface area (Å²) in [5.41, 5.74) is 8.40. The molecule has 0 saturated carbocycles. The van der Waals surface area contributed by atoms with Crippen LogP contribution in [0.1, 0.15) is 28.4 Å². The molecule has 156 valence electrons. The van der Waals surface area contributed by atoms with Gasteiger partial charge in [-0.1, -0.05) is 22.0 Å². The molecule has 0 saturated heterocycles. The van der Waals surface area contributed by atoms with Crippen molar-refractivity contribution in [3.63, 3.8) is 0 Å². The normalized spacial score (nSPS) is 15.1. The Labute approximate surface area is 187 Å². The van der Waals surface area contributed by atoms with Crippen molar-refractivity contribution in [1.29, 1.82) is 5.26 Å². The second kappa shape index (κ2) is 8.28. The van der Waals surface area contributed by atoms with Crippen LogP contribution in [0.3, 0.4) is 0 Å². The average molecular weight is 479 g/mol. The quantitative estimate of drug-likeness (QED) is 0.614. The number of nitrogens with two attached hydrogens (primary N) is 1. The molecule has 31 heavy (non-hydrogen) atoms. The van der Waals surface area contributed by atoms with Gasteiger partial charge in [-0.25, -0.2) is 0 Å². The van der Waals surface area contributed by atoms with Gasteiger partial charge in [-0.2, -0.15) is 5.26 Å². The highest BCUT2D eigenvalue weighted by molar-refractivity contribution is 9.10. The summed E-state index contributed by atoms with van der Waals surface area (Å²) in [7, 11) is 1.54. The number of ether oxygens (including phenoxy) is 2. The van der Waals surface area contributed by atoms with Crippen LogP contribution in [0, 0.1) is 18.3 Å². The predicted molar refractivity (Wildman–Crippen MR) is 119 cm³/mol. The van der Waals surface area contributed by atoms with E-state index in [1.807, 2.05) is 37.3 Å². The molecule has 2 aromatic heterocycles. The molecule has 1 atom stereocenters. The lowest BCUT2D eigenvalue weighted by Crippen LogP contribution is -2.33. The zero-order chi connectivity index (χ0) is 22.1. The zero-order valence-corrected chi connectivity index (χ0v) is 18.5. The fraction of sp³-hybridized carbons (Fsp3) is 0.174. The first-order valence-corrected chi connectivity index (χ1v) is 10.3. The molecule has 0 bridgehead atoms. The summed E-state index contributed by atoms with van der Waals surface area (Å²) in [6, 6.07) is 14.9. The van der Waals surface area contributed by atoms with Crippen molar-refractivity contribution in [2.45, 2.75) is 19.4 Å². The number of hydrogen-bond donors (Lipinski definition) is 1. The molecule has 1 aliphatic rings. The van der Waals surface area contributed by atoms with Gasteiger partial charge in [0.25, 0.3) is 5.56 Å². The van der Waals surface area contributed by atoms with E-state index in [1.165, 1.54) is 0 Å². The topological polar surface area (TPSA) is 103 Å². The van der Waals surface area contributed by atoms with Crippen LogP contribution in [0.15, 0.2) is 69.4 Å². The number of pyridine rings is 2. The van der Waals surface area contributed by atoms with Crippen LogP contribution >= 0.6 is 15.9 Å². The number of aryl methyl sites for hydroxylation is 1. The van der Waals surface area contributed by atoms with Gasteiger partial charge >= 0.3 is 0 Å². The number of hydrogen-bond acceptors (Lipinski definition) is 6. The molecule has 7 nitrogen and oxygen atoms in total. The largest absolute Gasteiger partial charge is 0.496 e. The van der Waals surface area contributed by atoms with E-state index in [4.69, 9.17) is 15.2 Å². The van der Waals surface area contributed by atoms with Crippen LogP contribution in [0.4, 0.5) is 0 Å². The number of rotatable bonds is 4. The number of nitrogens with zero attached hydrogens (tertiary/aromatic N) is 3. The predicted octanol–water partition coefficient (Wildman–Crippen LogP) is 3.59. The second-order valence-corrected chi connectivity index (χ2v) is 8.00. The van der Waals surface area contributed by atoms with Crippen molar-refractivity contribution in [2.24, 2.45) is 5.73 Å². The van der Waals surface area contributed by atoms with Crippen molar-refractivity contribution >= 4 is 15.9 Å². The first kappa shape index (κ1) is 20.7. The summed E-state index contributed by atoms with van der Waals surface area (Å²) in [5.74, 6) is 0.119. The minimum Gasteiger partial charge on any atom is -0.496 e. The van der Waals surface area contributed by atoms with Crippen molar-refractivity contribution < 1.29 is 9.47 Å². The average Bonchev–Trinajstić information content (AvgIpc) is 2.76. The molecule has 8 heteroatoms. The van der Waals surface area contributed by atoms with E-state index < -0.39 is 5.92 Å². The SMILES string of the molecule is COc1ccc(Br)cc1C1C(C#N)=C(N)Oc2cc(C)n(Cc3ccccn3)c(=O)c21. The van der Waals surface area contributed by atoms with E-state index in [0.29, 0.717) is 34.9 Å². The van der Waals surface area contributed by atoms with Gasteiger partial charge in [-0.15, -0.1) is 0 Å². The third-order valence-electron chi connectivity index (χ3n) is 5.24. The van der Waals surface area contributed by atoms with Gasteiger partial charge in [-0.3, -0.25) is 9.78 Å². The van der Waals surface area contributed by atoms with Gasteiger partial charge in [0.15, 0.2) is 0 Å². The van der Waals surface area contributed by atoms with E-state index in [9.17, 15) is 10.1 Å². The maximum atomic E-state index is 13.7. The highest BCUT2D eigenvalue weighted by atomic mass is 79.9. The molecular weight excluding hydrogens is 460 g/mol. The van der Waals surface area contributed by atoms with Crippen molar-refractivity contribution in [1.82, 2.24) is 9.55 Å². The summed E-state index contributed by atoms with van der Waals surface area (Å²) in [4.78, 5) is 18.0. The molecule has 0 fully saturated rings. The van der Waals surface area contributed by atoms with Crippen molar-refractivity contribution in [2.75, 3.05) is 7.11 Å². The van der Waals surface area contributed by atoms with Gasteiger partial charge in [0, 0.05) is 28.0 Å². The highest BCUT2D eigenvalue weighted by Crippen LogP contribution is 2.44. The molecule has 0 amide bonds. The number of benzene rings is 1. The second-order valence-electron chi connectivity index (χ2n) is 7.09. The maximum absolute atomic E-state index is 13.7. The molecule has 1 aromatic carbocycles.